The molecule has 0 aromatic carbocycles. The van der Waals surface area contributed by atoms with Gasteiger partial charge in [-0.05, 0) is 45.7 Å². The van der Waals surface area contributed by atoms with Gasteiger partial charge < -0.3 is 10.0 Å². The number of aromatic nitrogens is 2. The van der Waals surface area contributed by atoms with Crippen LogP contribution in [0.25, 0.3) is 0 Å². The highest BCUT2D eigenvalue weighted by Crippen LogP contribution is 2.43. The van der Waals surface area contributed by atoms with Crippen molar-refractivity contribution in [3.05, 3.63) is 16.9 Å². The number of rotatable bonds is 6. The summed E-state index contributed by atoms with van der Waals surface area (Å²) in [6.45, 7) is 3.88. The SMILES string of the molecule is CCCC1CCC(O)(c2c(Cl)cnn2CCN(C)C)CC1. The van der Waals surface area contributed by atoms with Gasteiger partial charge in [-0.1, -0.05) is 31.4 Å². The zero-order chi connectivity index (χ0) is 15.5. The van der Waals surface area contributed by atoms with Crippen LogP contribution in [0.2, 0.25) is 5.02 Å². The predicted molar refractivity (Wildman–Crippen MR) is 86.6 cm³/mol. The van der Waals surface area contributed by atoms with Crippen molar-refractivity contribution in [1.29, 1.82) is 0 Å². The van der Waals surface area contributed by atoms with Gasteiger partial charge in [-0.3, -0.25) is 4.68 Å². The van der Waals surface area contributed by atoms with E-state index in [2.05, 4.69) is 16.9 Å². The maximum Gasteiger partial charge on any atom is 0.108 e. The van der Waals surface area contributed by atoms with Gasteiger partial charge in [0, 0.05) is 6.54 Å². The topological polar surface area (TPSA) is 41.3 Å². The zero-order valence-electron chi connectivity index (χ0n) is 13.5. The third kappa shape index (κ3) is 3.99. The van der Waals surface area contributed by atoms with E-state index in [0.717, 1.165) is 50.4 Å². The van der Waals surface area contributed by atoms with Gasteiger partial charge in [-0.15, -0.1) is 0 Å². The minimum Gasteiger partial charge on any atom is -0.384 e. The highest BCUT2D eigenvalue weighted by Gasteiger charge is 2.38. The normalized spacial score (nSPS) is 26.5. The van der Waals surface area contributed by atoms with Crippen molar-refractivity contribution in [2.45, 2.75) is 57.6 Å². The summed E-state index contributed by atoms with van der Waals surface area (Å²) in [6.07, 6.45) is 7.92. The minimum atomic E-state index is -0.801. The Morgan fingerprint density at radius 1 is 1.43 bits per heavy atom. The molecule has 1 aliphatic carbocycles. The molecule has 0 atom stereocenters. The van der Waals surface area contributed by atoms with E-state index >= 15 is 0 Å². The lowest BCUT2D eigenvalue weighted by molar-refractivity contribution is -0.0228. The number of hydrogen-bond acceptors (Lipinski definition) is 3. The Morgan fingerprint density at radius 2 is 2.10 bits per heavy atom. The maximum absolute atomic E-state index is 11.1. The summed E-state index contributed by atoms with van der Waals surface area (Å²) in [7, 11) is 4.07. The van der Waals surface area contributed by atoms with E-state index in [1.807, 2.05) is 18.8 Å². The Balaban J connectivity index is 2.11. The Labute approximate surface area is 133 Å². The van der Waals surface area contributed by atoms with Crippen LogP contribution < -0.4 is 0 Å². The van der Waals surface area contributed by atoms with Gasteiger partial charge in [0.15, 0.2) is 0 Å². The molecular formula is C16H28ClN3O. The van der Waals surface area contributed by atoms with Crippen LogP contribution >= 0.6 is 11.6 Å². The first-order valence-electron chi connectivity index (χ1n) is 8.05. The summed E-state index contributed by atoms with van der Waals surface area (Å²) in [6, 6.07) is 0. The third-order valence-corrected chi connectivity index (χ3v) is 4.90. The van der Waals surface area contributed by atoms with Crippen LogP contribution in [-0.2, 0) is 12.1 Å². The van der Waals surface area contributed by atoms with Crippen molar-refractivity contribution in [3.8, 4) is 0 Å². The Bertz CT molecular complexity index is 450. The van der Waals surface area contributed by atoms with Crippen LogP contribution in [0, 0.1) is 5.92 Å². The Hall–Kier alpha value is -0.580. The molecule has 5 heteroatoms. The van der Waals surface area contributed by atoms with Crippen molar-refractivity contribution in [3.63, 3.8) is 0 Å². The molecular weight excluding hydrogens is 286 g/mol. The molecule has 1 aromatic rings. The summed E-state index contributed by atoms with van der Waals surface area (Å²) >= 11 is 6.32. The molecule has 1 aliphatic rings. The van der Waals surface area contributed by atoms with E-state index in [-0.39, 0.29) is 0 Å². The van der Waals surface area contributed by atoms with Gasteiger partial charge in [-0.25, -0.2) is 0 Å². The van der Waals surface area contributed by atoms with Crippen molar-refractivity contribution in [2.75, 3.05) is 20.6 Å². The first kappa shape index (κ1) is 16.8. The largest absolute Gasteiger partial charge is 0.384 e. The molecule has 2 rings (SSSR count). The molecule has 1 aromatic heterocycles. The van der Waals surface area contributed by atoms with Crippen molar-refractivity contribution in [2.24, 2.45) is 5.92 Å². The second-order valence-corrected chi connectivity index (χ2v) is 7.04. The fourth-order valence-electron chi connectivity index (χ4n) is 3.38. The summed E-state index contributed by atoms with van der Waals surface area (Å²) < 4.78 is 1.89. The monoisotopic (exact) mass is 313 g/mol. The lowest BCUT2D eigenvalue weighted by Gasteiger charge is -2.36. The van der Waals surface area contributed by atoms with Crippen LogP contribution in [0.4, 0.5) is 0 Å². The van der Waals surface area contributed by atoms with Gasteiger partial charge in [0.05, 0.1) is 23.5 Å². The highest BCUT2D eigenvalue weighted by molar-refractivity contribution is 6.31. The van der Waals surface area contributed by atoms with Crippen LogP contribution in [0.1, 0.15) is 51.1 Å². The fourth-order valence-corrected chi connectivity index (χ4v) is 3.70. The predicted octanol–water partition coefficient (Wildman–Crippen LogP) is 3.28. The lowest BCUT2D eigenvalue weighted by Crippen LogP contribution is -2.35. The molecule has 0 saturated heterocycles. The molecule has 0 spiro atoms. The molecule has 1 heterocycles. The molecule has 4 nitrogen and oxygen atoms in total. The molecule has 0 amide bonds. The third-order valence-electron chi connectivity index (χ3n) is 4.62. The van der Waals surface area contributed by atoms with E-state index in [0.29, 0.717) is 5.02 Å². The summed E-state index contributed by atoms with van der Waals surface area (Å²) in [4.78, 5) is 2.11. The highest BCUT2D eigenvalue weighted by atomic mass is 35.5. The molecule has 0 unspecified atom stereocenters. The number of hydrogen-bond donors (Lipinski definition) is 1. The maximum atomic E-state index is 11.1. The fraction of sp³-hybridized carbons (Fsp3) is 0.812. The van der Waals surface area contributed by atoms with Crippen LogP contribution in [0.3, 0.4) is 0 Å². The van der Waals surface area contributed by atoms with Crippen molar-refractivity contribution < 1.29 is 5.11 Å². The molecule has 1 N–H and O–H groups in total. The van der Waals surface area contributed by atoms with Crippen LogP contribution in [0.5, 0.6) is 0 Å². The first-order chi connectivity index (χ1) is 9.96. The molecule has 21 heavy (non-hydrogen) atoms. The van der Waals surface area contributed by atoms with Gasteiger partial charge in [-0.2, -0.15) is 5.10 Å². The van der Waals surface area contributed by atoms with E-state index in [4.69, 9.17) is 11.6 Å². The average Bonchev–Trinajstić information content (AvgIpc) is 2.81. The van der Waals surface area contributed by atoms with Gasteiger partial charge in [0.1, 0.15) is 5.60 Å². The second kappa shape index (κ2) is 7.12. The minimum absolute atomic E-state index is 0.602. The molecule has 1 saturated carbocycles. The summed E-state index contributed by atoms with van der Waals surface area (Å²) in [5.74, 6) is 0.757. The van der Waals surface area contributed by atoms with E-state index in [9.17, 15) is 5.11 Å². The summed E-state index contributed by atoms with van der Waals surface area (Å²) in [5, 5.41) is 16.0. The molecule has 120 valence electrons. The standard InChI is InChI=1S/C16H28ClN3O/c1-4-5-13-6-8-16(21,9-7-13)15-14(17)12-18-20(15)11-10-19(2)3/h12-13,21H,4-11H2,1-3H3. The quantitative estimate of drug-likeness (QED) is 0.876. The van der Waals surface area contributed by atoms with Gasteiger partial charge in [0.2, 0.25) is 0 Å². The van der Waals surface area contributed by atoms with E-state index < -0.39 is 5.60 Å². The van der Waals surface area contributed by atoms with Crippen LogP contribution in [0.15, 0.2) is 6.20 Å². The second-order valence-electron chi connectivity index (χ2n) is 6.63. The molecule has 0 bridgehead atoms. The lowest BCUT2D eigenvalue weighted by atomic mass is 9.75. The molecule has 0 aliphatic heterocycles. The van der Waals surface area contributed by atoms with E-state index in [1.54, 1.807) is 6.20 Å². The smallest absolute Gasteiger partial charge is 0.108 e. The Kier molecular flexibility index (Phi) is 5.69. The van der Waals surface area contributed by atoms with Gasteiger partial charge >= 0.3 is 0 Å². The Morgan fingerprint density at radius 3 is 2.67 bits per heavy atom. The van der Waals surface area contributed by atoms with Crippen molar-refractivity contribution >= 4 is 11.6 Å². The average molecular weight is 314 g/mol. The molecule has 1 fully saturated rings. The van der Waals surface area contributed by atoms with Gasteiger partial charge in [0.25, 0.3) is 0 Å². The molecule has 0 radical (unpaired) electrons. The number of likely N-dealkylation sites (N-methyl/N-ethyl adjacent to an activating group) is 1. The first-order valence-corrected chi connectivity index (χ1v) is 8.43. The number of nitrogens with zero attached hydrogens (tertiary/aromatic N) is 3. The number of aliphatic hydroxyl groups is 1. The zero-order valence-corrected chi connectivity index (χ0v) is 14.2. The number of halogens is 1. The van der Waals surface area contributed by atoms with Crippen molar-refractivity contribution in [1.82, 2.24) is 14.7 Å². The van der Waals surface area contributed by atoms with Crippen LogP contribution in [-0.4, -0.2) is 40.4 Å². The van der Waals surface area contributed by atoms with E-state index in [1.165, 1.54) is 12.8 Å². The summed E-state index contributed by atoms with van der Waals surface area (Å²) in [5.41, 5.74) is 0.0189.